The van der Waals surface area contributed by atoms with Gasteiger partial charge in [-0.15, -0.1) is 11.8 Å². The summed E-state index contributed by atoms with van der Waals surface area (Å²) in [5, 5.41) is 2.89. The predicted molar refractivity (Wildman–Crippen MR) is 103 cm³/mol. The molecule has 4 heteroatoms. The molecular formula is C21H19NO2S. The molecule has 0 aliphatic carbocycles. The standard InChI is InChI=1S/C21H19NO2S/c1-24-19-7-5-6-18(14-19)22-21(23)17-12-10-16(11-13-17)15-25-20-8-3-2-4-9-20/h2-14H,15H2,1H3,(H,22,23). The second-order valence-electron chi connectivity index (χ2n) is 5.48. The first-order valence-corrected chi connectivity index (χ1v) is 8.95. The van der Waals surface area contributed by atoms with E-state index in [2.05, 4.69) is 17.4 Å². The lowest BCUT2D eigenvalue weighted by molar-refractivity contribution is 0.102. The van der Waals surface area contributed by atoms with Crippen LogP contribution in [0.4, 0.5) is 5.69 Å². The largest absolute Gasteiger partial charge is 0.497 e. The predicted octanol–water partition coefficient (Wildman–Crippen LogP) is 5.24. The van der Waals surface area contributed by atoms with Crippen molar-refractivity contribution in [3.8, 4) is 5.75 Å². The zero-order valence-corrected chi connectivity index (χ0v) is 14.8. The van der Waals surface area contributed by atoms with E-state index >= 15 is 0 Å². The number of nitrogens with one attached hydrogen (secondary N) is 1. The van der Waals surface area contributed by atoms with Gasteiger partial charge in [-0.2, -0.15) is 0 Å². The topological polar surface area (TPSA) is 38.3 Å². The van der Waals surface area contributed by atoms with Crippen molar-refractivity contribution in [3.05, 3.63) is 90.0 Å². The molecule has 1 N–H and O–H groups in total. The van der Waals surface area contributed by atoms with Crippen molar-refractivity contribution in [2.75, 3.05) is 12.4 Å². The molecule has 0 aliphatic rings. The summed E-state index contributed by atoms with van der Waals surface area (Å²) in [5.74, 6) is 1.46. The van der Waals surface area contributed by atoms with Crippen LogP contribution < -0.4 is 10.1 Å². The normalized spacial score (nSPS) is 10.3. The highest BCUT2D eigenvalue weighted by molar-refractivity contribution is 7.98. The fourth-order valence-corrected chi connectivity index (χ4v) is 3.22. The second-order valence-corrected chi connectivity index (χ2v) is 6.53. The number of rotatable bonds is 6. The molecule has 25 heavy (non-hydrogen) atoms. The Balaban J connectivity index is 1.60. The van der Waals surface area contributed by atoms with E-state index in [-0.39, 0.29) is 5.91 Å². The van der Waals surface area contributed by atoms with Crippen LogP contribution in [0.1, 0.15) is 15.9 Å². The van der Waals surface area contributed by atoms with E-state index in [0.717, 1.165) is 5.75 Å². The van der Waals surface area contributed by atoms with E-state index in [1.165, 1.54) is 10.5 Å². The first-order chi connectivity index (χ1) is 12.2. The second kappa shape index (κ2) is 8.40. The van der Waals surface area contributed by atoms with E-state index < -0.39 is 0 Å². The van der Waals surface area contributed by atoms with Crippen molar-refractivity contribution in [1.82, 2.24) is 0 Å². The summed E-state index contributed by atoms with van der Waals surface area (Å²) >= 11 is 1.78. The zero-order valence-electron chi connectivity index (χ0n) is 13.9. The molecule has 0 saturated heterocycles. The summed E-state index contributed by atoms with van der Waals surface area (Å²) in [6.07, 6.45) is 0. The molecule has 126 valence electrons. The van der Waals surface area contributed by atoms with Crippen molar-refractivity contribution < 1.29 is 9.53 Å². The van der Waals surface area contributed by atoms with E-state index in [1.807, 2.05) is 60.7 Å². The Morgan fingerprint density at radius 1 is 0.960 bits per heavy atom. The van der Waals surface area contributed by atoms with Gasteiger partial charge >= 0.3 is 0 Å². The van der Waals surface area contributed by atoms with Crippen LogP contribution >= 0.6 is 11.8 Å². The number of carbonyl (C=O) groups is 1. The van der Waals surface area contributed by atoms with Crippen molar-refractivity contribution in [3.63, 3.8) is 0 Å². The SMILES string of the molecule is COc1cccc(NC(=O)c2ccc(CSc3ccccc3)cc2)c1. The maximum Gasteiger partial charge on any atom is 0.255 e. The van der Waals surface area contributed by atoms with Crippen LogP contribution in [-0.4, -0.2) is 13.0 Å². The van der Waals surface area contributed by atoms with E-state index in [9.17, 15) is 4.79 Å². The van der Waals surface area contributed by atoms with Gasteiger partial charge in [0.2, 0.25) is 0 Å². The number of benzene rings is 3. The molecular weight excluding hydrogens is 330 g/mol. The number of hydrogen-bond donors (Lipinski definition) is 1. The molecule has 0 saturated carbocycles. The third kappa shape index (κ3) is 4.88. The van der Waals surface area contributed by atoms with Crippen molar-refractivity contribution in [1.29, 1.82) is 0 Å². The Hall–Kier alpha value is -2.72. The Kier molecular flexibility index (Phi) is 5.75. The van der Waals surface area contributed by atoms with Crippen LogP contribution in [0.5, 0.6) is 5.75 Å². The molecule has 3 rings (SSSR count). The fourth-order valence-electron chi connectivity index (χ4n) is 2.34. The molecule has 3 nitrogen and oxygen atoms in total. The zero-order chi connectivity index (χ0) is 17.5. The average Bonchev–Trinajstić information content (AvgIpc) is 2.67. The highest BCUT2D eigenvalue weighted by atomic mass is 32.2. The van der Waals surface area contributed by atoms with E-state index in [4.69, 9.17) is 4.74 Å². The van der Waals surface area contributed by atoms with Gasteiger partial charge in [0, 0.05) is 28.0 Å². The van der Waals surface area contributed by atoms with Crippen LogP contribution in [0, 0.1) is 0 Å². The molecule has 0 aliphatic heterocycles. The molecule has 3 aromatic carbocycles. The first kappa shape index (κ1) is 17.1. The lowest BCUT2D eigenvalue weighted by Gasteiger charge is -2.08. The maximum absolute atomic E-state index is 12.3. The van der Waals surface area contributed by atoms with Gasteiger partial charge in [-0.3, -0.25) is 4.79 Å². The summed E-state index contributed by atoms with van der Waals surface area (Å²) in [6, 6.07) is 25.3. The number of anilines is 1. The minimum Gasteiger partial charge on any atom is -0.497 e. The fraction of sp³-hybridized carbons (Fsp3) is 0.0952. The summed E-state index contributed by atoms with van der Waals surface area (Å²) in [6.45, 7) is 0. The molecule has 3 aromatic rings. The highest BCUT2D eigenvalue weighted by Crippen LogP contribution is 2.23. The van der Waals surface area contributed by atoms with Crippen molar-refractivity contribution in [2.24, 2.45) is 0 Å². The number of hydrogen-bond acceptors (Lipinski definition) is 3. The lowest BCUT2D eigenvalue weighted by atomic mass is 10.1. The summed E-state index contributed by atoms with van der Waals surface area (Å²) < 4.78 is 5.17. The van der Waals surface area contributed by atoms with Gasteiger partial charge in [-0.1, -0.05) is 36.4 Å². The van der Waals surface area contributed by atoms with E-state index in [0.29, 0.717) is 17.0 Å². The molecule has 0 heterocycles. The van der Waals surface area contributed by atoms with Crippen molar-refractivity contribution >= 4 is 23.4 Å². The summed E-state index contributed by atoms with van der Waals surface area (Å²) in [7, 11) is 1.60. The van der Waals surface area contributed by atoms with Crippen LogP contribution in [0.3, 0.4) is 0 Å². The molecule has 0 spiro atoms. The minimum atomic E-state index is -0.129. The Bertz CT molecular complexity index is 832. The monoisotopic (exact) mass is 349 g/mol. The summed E-state index contributed by atoms with van der Waals surface area (Å²) in [4.78, 5) is 13.6. The van der Waals surface area contributed by atoms with Crippen LogP contribution in [0.15, 0.2) is 83.8 Å². The molecule has 0 bridgehead atoms. The Morgan fingerprint density at radius 3 is 2.44 bits per heavy atom. The number of carbonyl (C=O) groups excluding carboxylic acids is 1. The van der Waals surface area contributed by atoms with Crippen LogP contribution in [0.2, 0.25) is 0 Å². The third-order valence-electron chi connectivity index (χ3n) is 3.69. The minimum absolute atomic E-state index is 0.129. The molecule has 0 fully saturated rings. The van der Waals surface area contributed by atoms with Gasteiger partial charge in [0.1, 0.15) is 5.75 Å². The number of thioether (sulfide) groups is 1. The Labute approximate surface area is 152 Å². The summed E-state index contributed by atoms with van der Waals surface area (Å²) in [5.41, 5.74) is 2.54. The van der Waals surface area contributed by atoms with Crippen molar-refractivity contribution in [2.45, 2.75) is 10.6 Å². The highest BCUT2D eigenvalue weighted by Gasteiger charge is 2.07. The van der Waals surface area contributed by atoms with Gasteiger partial charge in [0.15, 0.2) is 0 Å². The number of ether oxygens (including phenoxy) is 1. The molecule has 1 amide bonds. The Morgan fingerprint density at radius 2 is 1.72 bits per heavy atom. The van der Waals surface area contributed by atoms with Gasteiger partial charge in [0.05, 0.1) is 7.11 Å². The quantitative estimate of drug-likeness (QED) is 0.619. The molecule has 0 radical (unpaired) electrons. The molecule has 0 atom stereocenters. The first-order valence-electron chi connectivity index (χ1n) is 7.97. The van der Waals surface area contributed by atoms with Gasteiger partial charge in [-0.05, 0) is 42.0 Å². The number of amides is 1. The molecule has 0 aromatic heterocycles. The van der Waals surface area contributed by atoms with Gasteiger partial charge < -0.3 is 10.1 Å². The molecule has 0 unspecified atom stereocenters. The smallest absolute Gasteiger partial charge is 0.255 e. The van der Waals surface area contributed by atoms with Crippen LogP contribution in [-0.2, 0) is 5.75 Å². The van der Waals surface area contributed by atoms with Gasteiger partial charge in [0.25, 0.3) is 5.91 Å². The lowest BCUT2D eigenvalue weighted by Crippen LogP contribution is -2.11. The average molecular weight is 349 g/mol. The van der Waals surface area contributed by atoms with E-state index in [1.54, 1.807) is 24.9 Å². The number of methoxy groups -OCH3 is 1. The van der Waals surface area contributed by atoms with Crippen LogP contribution in [0.25, 0.3) is 0 Å². The third-order valence-corrected chi connectivity index (χ3v) is 4.78. The van der Waals surface area contributed by atoms with Gasteiger partial charge in [-0.25, -0.2) is 0 Å². The maximum atomic E-state index is 12.3.